The summed E-state index contributed by atoms with van der Waals surface area (Å²) in [5.74, 6) is 0. The van der Waals surface area contributed by atoms with Crippen LogP contribution in [0.15, 0.2) is 0 Å². The molecular formula is C16H35BO3Sn. The van der Waals surface area contributed by atoms with Gasteiger partial charge in [0.25, 0.3) is 0 Å². The zero-order chi connectivity index (χ0) is 16.1. The molecular weight excluding hydrogens is 370 g/mol. The zero-order valence-electron chi connectivity index (χ0n) is 14.2. The van der Waals surface area contributed by atoms with Crippen LogP contribution in [0.5, 0.6) is 0 Å². The van der Waals surface area contributed by atoms with Crippen LogP contribution in [0.1, 0.15) is 90.9 Å². The van der Waals surface area contributed by atoms with Gasteiger partial charge in [-0.15, -0.1) is 0 Å². The summed E-state index contributed by atoms with van der Waals surface area (Å²) in [6.07, 6.45) is 16.0. The van der Waals surface area contributed by atoms with E-state index in [9.17, 15) is 0 Å². The first kappa shape index (κ1) is 29.7. The first-order chi connectivity index (χ1) is 9.56. The maximum absolute atomic E-state index is 8.53. The Morgan fingerprint density at radius 1 is 0.714 bits per heavy atom. The molecule has 3 nitrogen and oxygen atoms in total. The summed E-state index contributed by atoms with van der Waals surface area (Å²) in [5, 5.41) is 24.0. The van der Waals surface area contributed by atoms with Crippen molar-refractivity contribution in [3.05, 3.63) is 13.8 Å². The van der Waals surface area contributed by atoms with Crippen LogP contribution in [-0.4, -0.2) is 36.3 Å². The number of hydrogen-bond acceptors (Lipinski definition) is 3. The molecule has 0 rings (SSSR count). The Labute approximate surface area is 151 Å². The molecule has 0 saturated heterocycles. The van der Waals surface area contributed by atoms with Crippen LogP contribution >= 0.6 is 0 Å². The van der Waals surface area contributed by atoms with Gasteiger partial charge in [0.15, 0.2) is 0 Å². The first-order valence-corrected chi connectivity index (χ1v) is 8.14. The molecule has 0 unspecified atom stereocenters. The van der Waals surface area contributed by atoms with Crippen LogP contribution in [0.25, 0.3) is 0 Å². The van der Waals surface area contributed by atoms with Crippen LogP contribution in [0.4, 0.5) is 0 Å². The van der Waals surface area contributed by atoms with Crippen molar-refractivity contribution in [3.8, 4) is 0 Å². The van der Waals surface area contributed by atoms with E-state index in [2.05, 4.69) is 27.7 Å². The third-order valence-corrected chi connectivity index (χ3v) is 2.71. The Bertz CT molecular complexity index is 112. The van der Waals surface area contributed by atoms with Gasteiger partial charge in [-0.1, -0.05) is 105 Å². The molecule has 0 amide bonds. The molecule has 0 bridgehead atoms. The molecule has 0 heterocycles. The Kier molecular flexibility index (Phi) is 46.2. The van der Waals surface area contributed by atoms with Gasteiger partial charge < -0.3 is 15.1 Å². The Hall–Kier alpha value is 0.744. The second-order valence-electron chi connectivity index (χ2n) is 4.84. The number of rotatable bonds is 10. The van der Waals surface area contributed by atoms with E-state index in [0.29, 0.717) is 0 Å². The van der Waals surface area contributed by atoms with Crippen molar-refractivity contribution in [2.24, 2.45) is 0 Å². The summed E-state index contributed by atoms with van der Waals surface area (Å²) in [7, 11) is -2.67. The van der Waals surface area contributed by atoms with Gasteiger partial charge in [0.1, 0.15) is 0 Å². The zero-order valence-corrected chi connectivity index (χ0v) is 17.1. The van der Waals surface area contributed by atoms with Gasteiger partial charge in [-0.3, -0.25) is 0 Å². The molecule has 124 valence electrons. The van der Waals surface area contributed by atoms with Crippen molar-refractivity contribution in [3.63, 3.8) is 0 Å². The molecule has 0 aromatic rings. The smallest absolute Gasteiger partial charge is 0.871 e. The predicted octanol–water partition coefficient (Wildman–Crippen LogP) is 2.67. The van der Waals surface area contributed by atoms with E-state index in [0.717, 1.165) is 12.8 Å². The minimum absolute atomic E-state index is 0. The van der Waals surface area contributed by atoms with Crippen LogP contribution in [0.2, 0.25) is 0 Å². The van der Waals surface area contributed by atoms with E-state index >= 15 is 0 Å². The van der Waals surface area contributed by atoms with Gasteiger partial charge in [0, 0.05) is 0 Å². The molecule has 5 heteroatoms. The molecule has 21 heavy (non-hydrogen) atoms. The standard InChI is InChI=1S/2C8H17.BHO3.Sn/c2*1-3-5-7-8-6-4-2;2-1(3)4;/h2*1,3-8H2,2H3;2H;/q;;-2;+2. The van der Waals surface area contributed by atoms with E-state index in [4.69, 9.17) is 15.1 Å². The topological polar surface area (TPSA) is 66.3 Å². The van der Waals surface area contributed by atoms with Crippen molar-refractivity contribution in [2.45, 2.75) is 90.9 Å². The normalized spacial score (nSPS) is 8.71. The fraction of sp³-hybridized carbons (Fsp3) is 0.875. The van der Waals surface area contributed by atoms with E-state index in [-0.39, 0.29) is 23.9 Å². The Balaban J connectivity index is -0.000000107. The third-order valence-electron chi connectivity index (χ3n) is 2.71. The summed E-state index contributed by atoms with van der Waals surface area (Å²) < 4.78 is 0. The summed E-state index contributed by atoms with van der Waals surface area (Å²) >= 11 is 0. The summed E-state index contributed by atoms with van der Waals surface area (Å²) in [6, 6.07) is 0. The Morgan fingerprint density at radius 2 is 0.952 bits per heavy atom. The second kappa shape index (κ2) is 32.6. The van der Waals surface area contributed by atoms with Gasteiger partial charge in [-0.2, -0.15) is 0 Å². The molecule has 1 N–H and O–H groups in total. The maximum Gasteiger partial charge on any atom is 2.00 e. The van der Waals surface area contributed by atoms with Crippen LogP contribution in [0.3, 0.4) is 0 Å². The maximum atomic E-state index is 8.53. The average Bonchev–Trinajstić information content (AvgIpc) is 2.40. The van der Waals surface area contributed by atoms with Gasteiger partial charge in [0.2, 0.25) is 0 Å². The van der Waals surface area contributed by atoms with Gasteiger partial charge in [-0.05, 0) is 0 Å². The van der Waals surface area contributed by atoms with Gasteiger partial charge in [0.05, 0.1) is 7.32 Å². The predicted molar refractivity (Wildman–Crippen MR) is 91.2 cm³/mol. The molecule has 0 atom stereocenters. The van der Waals surface area contributed by atoms with E-state index in [1.807, 2.05) is 0 Å². The molecule has 4 radical (unpaired) electrons. The minimum atomic E-state index is -2.67. The van der Waals surface area contributed by atoms with Crippen molar-refractivity contribution < 1.29 is 15.1 Å². The second-order valence-corrected chi connectivity index (χ2v) is 4.84. The van der Waals surface area contributed by atoms with Crippen LogP contribution < -0.4 is 10.0 Å². The third kappa shape index (κ3) is 63.1. The molecule has 0 fully saturated rings. The van der Waals surface area contributed by atoms with Gasteiger partial charge in [-0.25, -0.2) is 0 Å². The fourth-order valence-electron chi connectivity index (χ4n) is 1.56. The SMILES string of the molecule is [CH2]CCCCCCC.[CH2]CCCCCCC.[O-]B([O-])O.[Sn+2]. The van der Waals surface area contributed by atoms with Crippen molar-refractivity contribution in [2.75, 3.05) is 0 Å². The van der Waals surface area contributed by atoms with Crippen molar-refractivity contribution in [1.29, 1.82) is 0 Å². The number of unbranched alkanes of at least 4 members (excludes halogenated alkanes) is 10. The average molecular weight is 405 g/mol. The molecule has 0 saturated carbocycles. The van der Waals surface area contributed by atoms with E-state index in [1.165, 1.54) is 64.2 Å². The fourth-order valence-corrected chi connectivity index (χ4v) is 1.56. The first-order valence-electron chi connectivity index (χ1n) is 8.14. The molecule has 0 aromatic carbocycles. The van der Waals surface area contributed by atoms with E-state index < -0.39 is 7.32 Å². The Morgan fingerprint density at radius 3 is 1.14 bits per heavy atom. The van der Waals surface area contributed by atoms with Crippen molar-refractivity contribution in [1.82, 2.24) is 0 Å². The van der Waals surface area contributed by atoms with Crippen molar-refractivity contribution >= 4 is 31.2 Å². The summed E-state index contributed by atoms with van der Waals surface area (Å²) in [5.41, 5.74) is 0. The van der Waals surface area contributed by atoms with Crippen LogP contribution in [-0.2, 0) is 0 Å². The summed E-state index contributed by atoms with van der Waals surface area (Å²) in [6.45, 7) is 12.0. The molecule has 0 spiro atoms. The van der Waals surface area contributed by atoms with Gasteiger partial charge >= 0.3 is 23.9 Å². The quantitative estimate of drug-likeness (QED) is 0.449. The molecule has 0 aliphatic rings. The summed E-state index contributed by atoms with van der Waals surface area (Å²) in [4.78, 5) is 0. The monoisotopic (exact) mass is 406 g/mol. The molecule has 0 aromatic heterocycles. The number of hydrogen-bond donors (Lipinski definition) is 1. The van der Waals surface area contributed by atoms with Crippen LogP contribution in [0, 0.1) is 13.8 Å². The largest absolute Gasteiger partial charge is 2.00 e. The molecule has 0 aliphatic carbocycles. The minimum Gasteiger partial charge on any atom is -0.871 e. The molecule has 0 aliphatic heterocycles. The van der Waals surface area contributed by atoms with E-state index in [1.54, 1.807) is 0 Å².